The Balaban J connectivity index is 2.45. The van der Waals surface area contributed by atoms with Crippen LogP contribution in [0.5, 0.6) is 0 Å². The van der Waals surface area contributed by atoms with E-state index in [0.717, 1.165) is 24.4 Å². The highest BCUT2D eigenvalue weighted by atomic mass is 32.2. The molecular weight excluding hydrogens is 222 g/mol. The van der Waals surface area contributed by atoms with Crippen LogP contribution in [0.15, 0.2) is 16.0 Å². The fourth-order valence-corrected chi connectivity index (χ4v) is 2.18. The summed E-state index contributed by atoms with van der Waals surface area (Å²) in [5.74, 6) is 0.909. The van der Waals surface area contributed by atoms with E-state index in [9.17, 15) is 4.79 Å². The summed E-state index contributed by atoms with van der Waals surface area (Å²) in [6.07, 6.45) is 1.13. The number of aromatic nitrogens is 2. The minimum absolute atomic E-state index is 0.0795. The number of aryl methyl sites for hydroxylation is 1. The largest absolute Gasteiger partial charge is 0.313 e. The number of rotatable bonds is 6. The van der Waals surface area contributed by atoms with E-state index in [0.29, 0.717) is 11.2 Å². The Bertz CT molecular complexity index is 378. The van der Waals surface area contributed by atoms with Crippen LogP contribution in [0, 0.1) is 6.92 Å². The molecule has 0 saturated carbocycles. The van der Waals surface area contributed by atoms with Crippen molar-refractivity contribution in [2.45, 2.75) is 38.4 Å². The van der Waals surface area contributed by atoms with Crippen LogP contribution >= 0.6 is 11.8 Å². The van der Waals surface area contributed by atoms with E-state index in [1.165, 1.54) is 6.07 Å². The molecule has 16 heavy (non-hydrogen) atoms. The number of nitrogens with zero attached hydrogens (tertiary/aromatic N) is 1. The van der Waals surface area contributed by atoms with E-state index < -0.39 is 0 Å². The maximum atomic E-state index is 11.2. The Morgan fingerprint density at radius 1 is 1.62 bits per heavy atom. The van der Waals surface area contributed by atoms with Gasteiger partial charge in [0.2, 0.25) is 0 Å². The highest BCUT2D eigenvalue weighted by molar-refractivity contribution is 7.99. The minimum Gasteiger partial charge on any atom is -0.313 e. The van der Waals surface area contributed by atoms with Gasteiger partial charge >= 0.3 is 0 Å². The zero-order valence-corrected chi connectivity index (χ0v) is 10.9. The van der Waals surface area contributed by atoms with Gasteiger partial charge in [-0.1, -0.05) is 18.7 Å². The summed E-state index contributed by atoms with van der Waals surface area (Å²) in [5.41, 5.74) is 0.685. The first kappa shape index (κ1) is 13.3. The number of aromatic amines is 1. The fraction of sp³-hybridized carbons (Fsp3) is 0.636. The summed E-state index contributed by atoms with van der Waals surface area (Å²) >= 11 is 1.58. The van der Waals surface area contributed by atoms with Gasteiger partial charge in [0, 0.05) is 23.6 Å². The third-order valence-corrected chi connectivity index (χ3v) is 3.19. The van der Waals surface area contributed by atoms with Crippen molar-refractivity contribution in [1.29, 1.82) is 0 Å². The van der Waals surface area contributed by atoms with Crippen LogP contribution in [-0.4, -0.2) is 28.3 Å². The number of thioether (sulfide) groups is 1. The molecule has 1 aromatic rings. The van der Waals surface area contributed by atoms with Crippen LogP contribution in [0.3, 0.4) is 0 Å². The Labute approximate surface area is 100 Å². The van der Waals surface area contributed by atoms with Crippen molar-refractivity contribution >= 4 is 11.8 Å². The first-order valence-electron chi connectivity index (χ1n) is 5.56. The molecule has 0 amide bonds. The van der Waals surface area contributed by atoms with Gasteiger partial charge in [0.05, 0.1) is 0 Å². The van der Waals surface area contributed by atoms with E-state index in [-0.39, 0.29) is 5.56 Å². The van der Waals surface area contributed by atoms with Gasteiger partial charge in [-0.05, 0) is 26.8 Å². The monoisotopic (exact) mass is 241 g/mol. The van der Waals surface area contributed by atoms with Crippen LogP contribution in [0.2, 0.25) is 0 Å². The molecule has 0 spiro atoms. The summed E-state index contributed by atoms with van der Waals surface area (Å²) < 4.78 is 0. The van der Waals surface area contributed by atoms with Gasteiger partial charge in [-0.2, -0.15) is 0 Å². The van der Waals surface area contributed by atoms with Gasteiger partial charge in [-0.3, -0.25) is 4.79 Å². The predicted molar refractivity (Wildman–Crippen MR) is 68.1 cm³/mol. The molecule has 0 bridgehead atoms. The average molecular weight is 241 g/mol. The highest BCUT2D eigenvalue weighted by Gasteiger charge is 2.04. The van der Waals surface area contributed by atoms with Crippen LogP contribution < -0.4 is 10.9 Å². The summed E-state index contributed by atoms with van der Waals surface area (Å²) in [7, 11) is 0. The van der Waals surface area contributed by atoms with Gasteiger partial charge in [0.1, 0.15) is 0 Å². The Kier molecular flexibility index (Phi) is 5.55. The van der Waals surface area contributed by atoms with E-state index in [1.807, 2.05) is 6.92 Å². The standard InChI is InChI=1S/C11H19N3OS/c1-4-5-12-9(3)7-16-11-13-8(2)6-10(15)14-11/h6,9,12H,4-5,7H2,1-3H3,(H,13,14,15). The van der Waals surface area contributed by atoms with Crippen LogP contribution in [0.1, 0.15) is 26.0 Å². The zero-order chi connectivity index (χ0) is 12.0. The number of hydrogen-bond donors (Lipinski definition) is 2. The van der Waals surface area contributed by atoms with Crippen LogP contribution in [0.4, 0.5) is 0 Å². The number of H-pyrrole nitrogens is 1. The summed E-state index contributed by atoms with van der Waals surface area (Å²) in [6.45, 7) is 7.14. The lowest BCUT2D eigenvalue weighted by atomic mass is 10.3. The molecule has 2 N–H and O–H groups in total. The topological polar surface area (TPSA) is 57.8 Å². The third kappa shape index (κ3) is 4.81. The molecule has 1 atom stereocenters. The molecule has 4 nitrogen and oxygen atoms in total. The van der Waals surface area contributed by atoms with Crippen molar-refractivity contribution in [1.82, 2.24) is 15.3 Å². The summed E-state index contributed by atoms with van der Waals surface area (Å²) in [5, 5.41) is 4.09. The van der Waals surface area contributed by atoms with Gasteiger partial charge < -0.3 is 10.3 Å². The van der Waals surface area contributed by atoms with Crippen molar-refractivity contribution in [2.24, 2.45) is 0 Å². The maximum absolute atomic E-state index is 11.2. The molecule has 0 saturated heterocycles. The number of nitrogens with one attached hydrogen (secondary N) is 2. The summed E-state index contributed by atoms with van der Waals surface area (Å²) in [4.78, 5) is 18.2. The lowest BCUT2D eigenvalue weighted by molar-refractivity contribution is 0.590. The second-order valence-electron chi connectivity index (χ2n) is 3.86. The second-order valence-corrected chi connectivity index (χ2v) is 4.87. The third-order valence-electron chi connectivity index (χ3n) is 2.06. The normalized spacial score (nSPS) is 12.7. The predicted octanol–water partition coefficient (Wildman–Crippen LogP) is 1.56. The first-order chi connectivity index (χ1) is 7.61. The van der Waals surface area contributed by atoms with Gasteiger partial charge in [0.25, 0.3) is 5.56 Å². The second kappa shape index (κ2) is 6.70. The maximum Gasteiger partial charge on any atom is 0.251 e. The fourth-order valence-electron chi connectivity index (χ4n) is 1.27. The molecule has 0 radical (unpaired) electrons. The zero-order valence-electron chi connectivity index (χ0n) is 10.0. The smallest absolute Gasteiger partial charge is 0.251 e. The molecule has 0 aromatic carbocycles. The molecule has 0 aliphatic rings. The van der Waals surface area contributed by atoms with E-state index in [2.05, 4.69) is 29.1 Å². The Morgan fingerprint density at radius 2 is 2.38 bits per heavy atom. The van der Waals surface area contributed by atoms with E-state index in [4.69, 9.17) is 0 Å². The van der Waals surface area contributed by atoms with Crippen LogP contribution in [0.25, 0.3) is 0 Å². The van der Waals surface area contributed by atoms with Crippen LogP contribution in [-0.2, 0) is 0 Å². The van der Waals surface area contributed by atoms with Crippen molar-refractivity contribution in [3.63, 3.8) is 0 Å². The highest BCUT2D eigenvalue weighted by Crippen LogP contribution is 2.12. The lowest BCUT2D eigenvalue weighted by Gasteiger charge is -2.11. The van der Waals surface area contributed by atoms with Crippen molar-refractivity contribution in [2.75, 3.05) is 12.3 Å². The molecule has 0 fully saturated rings. The minimum atomic E-state index is -0.0795. The molecule has 1 unspecified atom stereocenters. The summed E-state index contributed by atoms with van der Waals surface area (Å²) in [6, 6.07) is 1.93. The Hall–Kier alpha value is -0.810. The van der Waals surface area contributed by atoms with Crippen molar-refractivity contribution < 1.29 is 0 Å². The van der Waals surface area contributed by atoms with Gasteiger partial charge in [0.15, 0.2) is 5.16 Å². The van der Waals surface area contributed by atoms with E-state index >= 15 is 0 Å². The molecule has 0 aliphatic carbocycles. The van der Waals surface area contributed by atoms with E-state index in [1.54, 1.807) is 11.8 Å². The molecule has 0 aliphatic heterocycles. The van der Waals surface area contributed by atoms with Gasteiger partial charge in [-0.15, -0.1) is 0 Å². The first-order valence-corrected chi connectivity index (χ1v) is 6.54. The number of hydrogen-bond acceptors (Lipinski definition) is 4. The molecule has 5 heteroatoms. The molecule has 1 rings (SSSR count). The van der Waals surface area contributed by atoms with Crippen molar-refractivity contribution in [3.05, 3.63) is 22.1 Å². The van der Waals surface area contributed by atoms with Crippen molar-refractivity contribution in [3.8, 4) is 0 Å². The molecular formula is C11H19N3OS. The SMILES string of the molecule is CCCNC(C)CSc1nc(C)cc(=O)[nH]1. The quantitative estimate of drug-likeness (QED) is 0.586. The average Bonchev–Trinajstić information content (AvgIpc) is 2.22. The Morgan fingerprint density at radius 3 is 3.00 bits per heavy atom. The molecule has 1 heterocycles. The molecule has 1 aromatic heterocycles. The molecule has 90 valence electrons. The van der Waals surface area contributed by atoms with Gasteiger partial charge in [-0.25, -0.2) is 4.98 Å². The lowest BCUT2D eigenvalue weighted by Crippen LogP contribution is -2.28.